The van der Waals surface area contributed by atoms with E-state index in [9.17, 15) is 22.4 Å². The van der Waals surface area contributed by atoms with E-state index in [-0.39, 0.29) is 17.1 Å². The number of carbonyl (C=O) groups is 2. The number of rotatable bonds is 11. The van der Waals surface area contributed by atoms with Crippen LogP contribution in [0.25, 0.3) is 0 Å². The molecule has 0 saturated heterocycles. The monoisotopic (exact) mass is 605 g/mol. The third kappa shape index (κ3) is 7.11. The van der Waals surface area contributed by atoms with E-state index >= 15 is 0 Å². The van der Waals surface area contributed by atoms with E-state index in [1.165, 1.54) is 48.3 Å². The summed E-state index contributed by atoms with van der Waals surface area (Å²) in [5, 5.41) is 2.52. The van der Waals surface area contributed by atoms with Crippen molar-refractivity contribution in [2.24, 2.45) is 0 Å². The highest BCUT2D eigenvalue weighted by Crippen LogP contribution is 2.27. The van der Waals surface area contributed by atoms with Crippen LogP contribution in [0.15, 0.2) is 82.2 Å². The Morgan fingerprint density at radius 2 is 1.61 bits per heavy atom. The summed E-state index contributed by atoms with van der Waals surface area (Å²) in [5.41, 5.74) is 0.831. The first-order chi connectivity index (χ1) is 18.1. The lowest BCUT2D eigenvalue weighted by Crippen LogP contribution is -2.50. The van der Waals surface area contributed by atoms with Crippen LogP contribution in [0.4, 0.5) is 10.1 Å². The van der Waals surface area contributed by atoms with Crippen LogP contribution in [0.3, 0.4) is 0 Å². The summed E-state index contributed by atoms with van der Waals surface area (Å²) in [5.74, 6) is -0.924. The van der Waals surface area contributed by atoms with Gasteiger partial charge in [0.1, 0.15) is 24.2 Å². The van der Waals surface area contributed by atoms with Crippen LogP contribution in [0, 0.1) is 5.82 Å². The summed E-state index contributed by atoms with van der Waals surface area (Å²) >= 11 is 3.30. The van der Waals surface area contributed by atoms with Gasteiger partial charge in [0.15, 0.2) is 0 Å². The van der Waals surface area contributed by atoms with Crippen LogP contribution in [0.5, 0.6) is 5.75 Å². The average Bonchev–Trinajstić information content (AvgIpc) is 2.91. The van der Waals surface area contributed by atoms with E-state index < -0.39 is 40.2 Å². The number of likely N-dealkylation sites (N-methyl/N-ethyl adjacent to an activating group) is 1. The number of sulfonamides is 1. The molecule has 0 aliphatic heterocycles. The van der Waals surface area contributed by atoms with Crippen LogP contribution in [-0.4, -0.2) is 51.4 Å². The molecule has 202 valence electrons. The molecule has 3 rings (SSSR count). The lowest BCUT2D eigenvalue weighted by molar-refractivity contribution is -0.139. The quantitative estimate of drug-likeness (QED) is 0.351. The van der Waals surface area contributed by atoms with Gasteiger partial charge in [-0.2, -0.15) is 0 Å². The first-order valence-electron chi connectivity index (χ1n) is 11.8. The van der Waals surface area contributed by atoms with Gasteiger partial charge < -0.3 is 15.0 Å². The van der Waals surface area contributed by atoms with Crippen molar-refractivity contribution in [3.63, 3.8) is 0 Å². The minimum atomic E-state index is -4.18. The molecule has 0 aliphatic carbocycles. The molecular weight excluding hydrogens is 577 g/mol. The standard InChI is InChI=1S/C27H29BrFN3O5S/c1-4-37-24-13-11-23(12-14-24)32(38(35,36)25-15-7-21(28)8-16-25)18-26(33)31(19(2)27(34)30-3)17-20-5-9-22(29)10-6-20/h5-16,19H,4,17-18H2,1-3H3,(H,30,34). The molecule has 0 fully saturated rings. The summed E-state index contributed by atoms with van der Waals surface area (Å²) in [6, 6.07) is 17.0. The van der Waals surface area contributed by atoms with Crippen molar-refractivity contribution < 1.29 is 27.1 Å². The summed E-state index contributed by atoms with van der Waals surface area (Å²) < 4.78 is 48.1. The zero-order chi connectivity index (χ0) is 27.9. The van der Waals surface area contributed by atoms with E-state index in [1.807, 2.05) is 6.92 Å². The van der Waals surface area contributed by atoms with Gasteiger partial charge in [0.05, 0.1) is 17.2 Å². The zero-order valence-corrected chi connectivity index (χ0v) is 23.6. The molecule has 38 heavy (non-hydrogen) atoms. The lowest BCUT2D eigenvalue weighted by Gasteiger charge is -2.31. The number of hydrogen-bond acceptors (Lipinski definition) is 5. The Kier molecular flexibility index (Phi) is 9.87. The fraction of sp³-hybridized carbons (Fsp3) is 0.259. The lowest BCUT2D eigenvalue weighted by atomic mass is 10.1. The maximum atomic E-state index is 13.8. The number of nitrogens with zero attached hydrogens (tertiary/aromatic N) is 2. The molecule has 11 heteroatoms. The van der Waals surface area contributed by atoms with E-state index in [4.69, 9.17) is 4.74 Å². The zero-order valence-electron chi connectivity index (χ0n) is 21.2. The highest BCUT2D eigenvalue weighted by atomic mass is 79.9. The Hall–Kier alpha value is -3.44. The van der Waals surface area contributed by atoms with Crippen molar-refractivity contribution in [1.82, 2.24) is 10.2 Å². The topological polar surface area (TPSA) is 96.0 Å². The Morgan fingerprint density at radius 1 is 1.00 bits per heavy atom. The molecule has 0 saturated carbocycles. The second-order valence-corrected chi connectivity index (χ2v) is 11.1. The van der Waals surface area contributed by atoms with Crippen molar-refractivity contribution in [2.45, 2.75) is 31.3 Å². The van der Waals surface area contributed by atoms with Gasteiger partial charge in [-0.25, -0.2) is 12.8 Å². The first-order valence-corrected chi connectivity index (χ1v) is 14.1. The molecule has 1 atom stereocenters. The number of hydrogen-bond donors (Lipinski definition) is 1. The van der Waals surface area contributed by atoms with Crippen molar-refractivity contribution in [2.75, 3.05) is 24.5 Å². The molecule has 3 aromatic rings. The molecule has 0 radical (unpaired) electrons. The average molecular weight is 607 g/mol. The Balaban J connectivity index is 2.02. The van der Waals surface area contributed by atoms with Crippen LogP contribution >= 0.6 is 15.9 Å². The van der Waals surface area contributed by atoms with Gasteiger partial charge in [0.25, 0.3) is 10.0 Å². The number of ether oxygens (including phenoxy) is 1. The Labute approximate surface area is 230 Å². The smallest absolute Gasteiger partial charge is 0.264 e. The third-order valence-electron chi connectivity index (χ3n) is 5.80. The number of amides is 2. The van der Waals surface area contributed by atoms with E-state index in [2.05, 4.69) is 21.2 Å². The molecule has 3 aromatic carbocycles. The Morgan fingerprint density at radius 3 is 2.16 bits per heavy atom. The number of halogens is 2. The fourth-order valence-electron chi connectivity index (χ4n) is 3.72. The normalized spacial score (nSPS) is 11.9. The van der Waals surface area contributed by atoms with Gasteiger partial charge in [-0.05, 0) is 80.1 Å². The summed E-state index contributed by atoms with van der Waals surface area (Å²) in [6.45, 7) is 3.22. The van der Waals surface area contributed by atoms with Gasteiger partial charge in [-0.1, -0.05) is 28.1 Å². The second kappa shape index (κ2) is 12.9. The Bertz CT molecular complexity index is 1350. The van der Waals surface area contributed by atoms with Crippen LogP contribution < -0.4 is 14.4 Å². The predicted molar refractivity (Wildman–Crippen MR) is 147 cm³/mol. The molecule has 0 spiro atoms. The van der Waals surface area contributed by atoms with Crippen molar-refractivity contribution in [3.8, 4) is 5.75 Å². The molecule has 1 N–H and O–H groups in total. The molecule has 0 heterocycles. The number of anilines is 1. The van der Waals surface area contributed by atoms with Crippen LogP contribution in [-0.2, 0) is 26.2 Å². The van der Waals surface area contributed by atoms with Crippen molar-refractivity contribution in [3.05, 3.63) is 88.6 Å². The molecule has 0 bridgehead atoms. The highest BCUT2D eigenvalue weighted by molar-refractivity contribution is 9.10. The van der Waals surface area contributed by atoms with Gasteiger partial charge >= 0.3 is 0 Å². The highest BCUT2D eigenvalue weighted by Gasteiger charge is 2.32. The molecular formula is C27H29BrFN3O5S. The largest absolute Gasteiger partial charge is 0.494 e. The SMILES string of the molecule is CCOc1ccc(N(CC(=O)N(Cc2ccc(F)cc2)C(C)C(=O)NC)S(=O)(=O)c2ccc(Br)cc2)cc1. The minimum Gasteiger partial charge on any atom is -0.494 e. The van der Waals surface area contributed by atoms with Crippen LogP contribution in [0.2, 0.25) is 0 Å². The summed E-state index contributed by atoms with van der Waals surface area (Å²) in [7, 11) is -2.73. The molecule has 0 aromatic heterocycles. The number of carbonyl (C=O) groups excluding carboxylic acids is 2. The van der Waals surface area contributed by atoms with Gasteiger partial charge in [0, 0.05) is 18.1 Å². The van der Waals surface area contributed by atoms with Gasteiger partial charge in [0.2, 0.25) is 11.8 Å². The minimum absolute atomic E-state index is 0.00757. The van der Waals surface area contributed by atoms with Crippen molar-refractivity contribution in [1.29, 1.82) is 0 Å². The summed E-state index contributed by atoms with van der Waals surface area (Å²) in [6.07, 6.45) is 0. The van der Waals surface area contributed by atoms with Crippen molar-refractivity contribution >= 4 is 43.5 Å². The number of benzene rings is 3. The maximum absolute atomic E-state index is 13.8. The molecule has 0 aliphatic rings. The van der Waals surface area contributed by atoms with Gasteiger partial charge in [-0.3, -0.25) is 13.9 Å². The van der Waals surface area contributed by atoms with Crippen LogP contribution in [0.1, 0.15) is 19.4 Å². The molecule has 8 nitrogen and oxygen atoms in total. The molecule has 2 amide bonds. The summed E-state index contributed by atoms with van der Waals surface area (Å²) in [4.78, 5) is 27.4. The predicted octanol–water partition coefficient (Wildman–Crippen LogP) is 4.35. The molecule has 1 unspecified atom stereocenters. The van der Waals surface area contributed by atoms with E-state index in [0.29, 0.717) is 22.4 Å². The second-order valence-electron chi connectivity index (χ2n) is 8.33. The van der Waals surface area contributed by atoms with E-state index in [0.717, 1.165) is 4.31 Å². The first kappa shape index (κ1) is 29.1. The van der Waals surface area contributed by atoms with E-state index in [1.54, 1.807) is 43.3 Å². The number of nitrogens with one attached hydrogen (secondary N) is 1. The maximum Gasteiger partial charge on any atom is 0.264 e. The fourth-order valence-corrected chi connectivity index (χ4v) is 5.39. The third-order valence-corrected chi connectivity index (χ3v) is 8.11. The van der Waals surface area contributed by atoms with Gasteiger partial charge in [-0.15, -0.1) is 0 Å².